The molecular formula is C22H31N3O3S. The maximum atomic E-state index is 12.5. The van der Waals surface area contributed by atoms with E-state index >= 15 is 0 Å². The van der Waals surface area contributed by atoms with Crippen LogP contribution < -0.4 is 16.0 Å². The van der Waals surface area contributed by atoms with Crippen LogP contribution in [-0.4, -0.2) is 42.1 Å². The zero-order valence-corrected chi connectivity index (χ0v) is 17.7. The van der Waals surface area contributed by atoms with Crippen molar-refractivity contribution in [3.63, 3.8) is 0 Å². The smallest absolute Gasteiger partial charge is 0.252 e. The van der Waals surface area contributed by atoms with Gasteiger partial charge in [-0.3, -0.25) is 14.4 Å². The van der Waals surface area contributed by atoms with Gasteiger partial charge in [0.1, 0.15) is 0 Å². The van der Waals surface area contributed by atoms with Crippen LogP contribution in [0.2, 0.25) is 0 Å². The topological polar surface area (TPSA) is 87.3 Å². The second-order valence-corrected chi connectivity index (χ2v) is 8.94. The summed E-state index contributed by atoms with van der Waals surface area (Å²) < 4.78 is 0. The Morgan fingerprint density at radius 2 is 1.45 bits per heavy atom. The van der Waals surface area contributed by atoms with Gasteiger partial charge >= 0.3 is 0 Å². The standard InChI is InChI=1S/C22H31N3O3S/c26-20(24-17-12-13-17)14-23-22(28)18-10-6-7-11-19(18)29-15-21(27)25-16-8-4-2-1-3-5-9-16/h6-7,10-11,16-17H,1-5,8-9,12-15H2,(H,23,28)(H,24,26)(H,25,27). The molecule has 6 nitrogen and oxygen atoms in total. The van der Waals surface area contributed by atoms with Crippen LogP contribution in [0.1, 0.15) is 68.1 Å². The van der Waals surface area contributed by atoms with E-state index in [1.807, 2.05) is 12.1 Å². The van der Waals surface area contributed by atoms with Gasteiger partial charge in [-0.2, -0.15) is 0 Å². The van der Waals surface area contributed by atoms with Crippen molar-refractivity contribution in [2.24, 2.45) is 0 Å². The lowest BCUT2D eigenvalue weighted by atomic mass is 9.97. The van der Waals surface area contributed by atoms with Gasteiger partial charge in [0.05, 0.1) is 17.9 Å². The van der Waals surface area contributed by atoms with Gasteiger partial charge in [0.15, 0.2) is 0 Å². The first kappa shape index (κ1) is 21.7. The zero-order valence-electron chi connectivity index (χ0n) is 16.9. The summed E-state index contributed by atoms with van der Waals surface area (Å²) in [6.07, 6.45) is 10.3. The van der Waals surface area contributed by atoms with Gasteiger partial charge in [-0.1, -0.05) is 44.2 Å². The van der Waals surface area contributed by atoms with E-state index in [9.17, 15) is 14.4 Å². The summed E-state index contributed by atoms with van der Waals surface area (Å²) >= 11 is 1.36. The molecule has 2 saturated carbocycles. The largest absolute Gasteiger partial charge is 0.353 e. The normalized spacial score (nSPS) is 17.7. The fourth-order valence-corrected chi connectivity index (χ4v) is 4.42. The van der Waals surface area contributed by atoms with Crippen LogP contribution in [0.3, 0.4) is 0 Å². The predicted molar refractivity (Wildman–Crippen MR) is 115 cm³/mol. The molecule has 0 atom stereocenters. The monoisotopic (exact) mass is 417 g/mol. The quantitative estimate of drug-likeness (QED) is 0.568. The van der Waals surface area contributed by atoms with Crippen LogP contribution in [0.5, 0.6) is 0 Å². The van der Waals surface area contributed by atoms with Crippen molar-refractivity contribution in [3.8, 4) is 0 Å². The van der Waals surface area contributed by atoms with Gasteiger partial charge in [-0.15, -0.1) is 11.8 Å². The summed E-state index contributed by atoms with van der Waals surface area (Å²) in [5.74, 6) is -0.160. The molecule has 0 saturated heterocycles. The fraction of sp³-hybridized carbons (Fsp3) is 0.591. The summed E-state index contributed by atoms with van der Waals surface area (Å²) in [7, 11) is 0. The minimum atomic E-state index is -0.292. The Kier molecular flexibility index (Phi) is 8.40. The molecule has 0 aliphatic heterocycles. The lowest BCUT2D eigenvalue weighted by Crippen LogP contribution is -2.38. The molecule has 1 aromatic rings. The number of thioether (sulfide) groups is 1. The summed E-state index contributed by atoms with van der Waals surface area (Å²) in [4.78, 5) is 37.4. The molecule has 3 amide bonds. The third-order valence-electron chi connectivity index (χ3n) is 5.31. The van der Waals surface area contributed by atoms with E-state index in [2.05, 4.69) is 16.0 Å². The van der Waals surface area contributed by atoms with E-state index in [1.165, 1.54) is 43.9 Å². The highest BCUT2D eigenvalue weighted by Gasteiger charge is 2.23. The maximum Gasteiger partial charge on any atom is 0.252 e. The molecule has 2 fully saturated rings. The van der Waals surface area contributed by atoms with Crippen molar-refractivity contribution in [3.05, 3.63) is 29.8 Å². The highest BCUT2D eigenvalue weighted by Crippen LogP contribution is 2.23. The molecule has 1 aromatic carbocycles. The molecular weight excluding hydrogens is 386 g/mol. The Bertz CT molecular complexity index is 713. The Morgan fingerprint density at radius 3 is 2.17 bits per heavy atom. The molecule has 0 radical (unpaired) electrons. The molecule has 2 aliphatic carbocycles. The molecule has 29 heavy (non-hydrogen) atoms. The van der Waals surface area contributed by atoms with Crippen molar-refractivity contribution >= 4 is 29.5 Å². The van der Waals surface area contributed by atoms with Crippen molar-refractivity contribution in [2.45, 2.75) is 74.8 Å². The molecule has 3 N–H and O–H groups in total. The van der Waals surface area contributed by atoms with E-state index in [0.29, 0.717) is 5.56 Å². The van der Waals surface area contributed by atoms with Gasteiger partial charge in [0, 0.05) is 17.0 Å². The number of rotatable bonds is 8. The summed E-state index contributed by atoms with van der Waals surface area (Å²) in [6, 6.07) is 7.75. The first-order chi connectivity index (χ1) is 14.1. The van der Waals surface area contributed by atoms with E-state index in [4.69, 9.17) is 0 Å². The van der Waals surface area contributed by atoms with Crippen LogP contribution in [-0.2, 0) is 9.59 Å². The Balaban J connectivity index is 1.46. The van der Waals surface area contributed by atoms with Crippen molar-refractivity contribution in [1.29, 1.82) is 0 Å². The molecule has 0 bridgehead atoms. The van der Waals surface area contributed by atoms with Crippen molar-refractivity contribution < 1.29 is 14.4 Å². The summed E-state index contributed by atoms with van der Waals surface area (Å²) in [6.45, 7) is -0.0312. The average Bonchev–Trinajstić information content (AvgIpc) is 3.50. The number of carbonyl (C=O) groups excluding carboxylic acids is 3. The van der Waals surface area contributed by atoms with Crippen molar-refractivity contribution in [2.75, 3.05) is 12.3 Å². The predicted octanol–water partition coefficient (Wildman–Crippen LogP) is 3.02. The molecule has 0 spiro atoms. The summed E-state index contributed by atoms with van der Waals surface area (Å²) in [5, 5.41) is 8.68. The number of hydrogen-bond donors (Lipinski definition) is 3. The molecule has 2 aliphatic rings. The lowest BCUT2D eigenvalue weighted by molar-refractivity contribution is -0.120. The van der Waals surface area contributed by atoms with E-state index < -0.39 is 0 Å². The van der Waals surface area contributed by atoms with Crippen LogP contribution >= 0.6 is 11.8 Å². The first-order valence-corrected chi connectivity index (χ1v) is 11.7. The number of benzene rings is 1. The van der Waals surface area contributed by atoms with E-state index in [1.54, 1.807) is 12.1 Å². The van der Waals surface area contributed by atoms with Gasteiger partial charge < -0.3 is 16.0 Å². The van der Waals surface area contributed by atoms with Crippen LogP contribution in [0.25, 0.3) is 0 Å². The SMILES string of the molecule is O=C(CNC(=O)c1ccccc1SCC(=O)NC1CCCCCCC1)NC1CC1. The van der Waals surface area contributed by atoms with Crippen LogP contribution in [0.4, 0.5) is 0 Å². The Labute approximate surface area is 177 Å². The van der Waals surface area contributed by atoms with Gasteiger partial charge in [0.2, 0.25) is 11.8 Å². The zero-order chi connectivity index (χ0) is 20.5. The third-order valence-corrected chi connectivity index (χ3v) is 6.39. The third kappa shape index (κ3) is 7.72. The molecule has 0 heterocycles. The number of hydrogen-bond acceptors (Lipinski definition) is 4. The molecule has 158 valence electrons. The Morgan fingerprint density at radius 1 is 0.828 bits per heavy atom. The average molecular weight is 418 g/mol. The number of amides is 3. The maximum absolute atomic E-state index is 12.5. The lowest BCUT2D eigenvalue weighted by Gasteiger charge is -2.21. The number of nitrogens with one attached hydrogen (secondary N) is 3. The van der Waals surface area contributed by atoms with Crippen LogP contribution in [0.15, 0.2) is 29.2 Å². The Hall–Kier alpha value is -2.02. The second kappa shape index (κ2) is 11.2. The molecule has 3 rings (SSSR count). The second-order valence-electron chi connectivity index (χ2n) is 7.92. The van der Waals surface area contributed by atoms with Gasteiger partial charge in [-0.25, -0.2) is 0 Å². The van der Waals surface area contributed by atoms with Crippen molar-refractivity contribution in [1.82, 2.24) is 16.0 Å². The molecule has 0 aromatic heterocycles. The highest BCUT2D eigenvalue weighted by atomic mass is 32.2. The van der Waals surface area contributed by atoms with Gasteiger partial charge in [-0.05, 0) is 37.8 Å². The van der Waals surface area contributed by atoms with Gasteiger partial charge in [0.25, 0.3) is 5.91 Å². The summed E-state index contributed by atoms with van der Waals surface area (Å²) in [5.41, 5.74) is 0.496. The first-order valence-electron chi connectivity index (χ1n) is 10.7. The number of carbonyl (C=O) groups is 3. The molecule has 0 unspecified atom stereocenters. The highest BCUT2D eigenvalue weighted by molar-refractivity contribution is 8.00. The van der Waals surface area contributed by atoms with E-state index in [-0.39, 0.29) is 42.1 Å². The minimum absolute atomic E-state index is 0.0135. The minimum Gasteiger partial charge on any atom is -0.353 e. The fourth-order valence-electron chi connectivity index (χ4n) is 3.56. The van der Waals surface area contributed by atoms with E-state index in [0.717, 1.165) is 30.6 Å². The molecule has 7 heteroatoms. The van der Waals surface area contributed by atoms with Crippen LogP contribution in [0, 0.1) is 0 Å².